The molecule has 2 rings (SSSR count). The van der Waals surface area contributed by atoms with Crippen LogP contribution in [0.2, 0.25) is 0 Å². The van der Waals surface area contributed by atoms with Crippen LogP contribution in [-0.2, 0) is 0 Å². The van der Waals surface area contributed by atoms with Gasteiger partial charge in [-0.15, -0.1) is 0 Å². The first kappa shape index (κ1) is 16.3. The van der Waals surface area contributed by atoms with Crippen molar-refractivity contribution in [2.24, 2.45) is 5.92 Å². The molecule has 1 aliphatic carbocycles. The van der Waals surface area contributed by atoms with Crippen LogP contribution in [0.4, 0.5) is 17.6 Å². The normalized spacial score (nSPS) is 22.9. The molecular formula is C14H14BrF4NO. The molecule has 1 aromatic rings. The molecule has 0 radical (unpaired) electrons. The van der Waals surface area contributed by atoms with Crippen molar-refractivity contribution in [3.05, 3.63) is 34.1 Å². The fourth-order valence-electron chi connectivity index (χ4n) is 2.51. The number of amides is 1. The fourth-order valence-corrected chi connectivity index (χ4v) is 2.87. The van der Waals surface area contributed by atoms with Gasteiger partial charge >= 0.3 is 6.18 Å². The monoisotopic (exact) mass is 367 g/mol. The van der Waals surface area contributed by atoms with Gasteiger partial charge in [-0.3, -0.25) is 4.79 Å². The number of alkyl halides is 3. The first-order valence-electron chi connectivity index (χ1n) is 6.60. The number of halogens is 5. The standard InChI is InChI=1S/C14H14BrF4NO/c15-11-3-1-2-10(12(11)16)13(21)20-9-6-4-8(5-7-9)14(17,18)19/h1-3,8-9H,4-7H2,(H,20,21). The van der Waals surface area contributed by atoms with Gasteiger partial charge in [0.2, 0.25) is 0 Å². The molecule has 0 unspecified atom stereocenters. The minimum absolute atomic E-state index is 0.00455. The summed E-state index contributed by atoms with van der Waals surface area (Å²) >= 11 is 2.99. The van der Waals surface area contributed by atoms with Crippen LogP contribution in [0.5, 0.6) is 0 Å². The van der Waals surface area contributed by atoms with E-state index in [4.69, 9.17) is 0 Å². The molecule has 0 atom stereocenters. The highest BCUT2D eigenvalue weighted by molar-refractivity contribution is 9.10. The minimum Gasteiger partial charge on any atom is -0.349 e. The highest BCUT2D eigenvalue weighted by atomic mass is 79.9. The van der Waals surface area contributed by atoms with E-state index >= 15 is 0 Å². The fraction of sp³-hybridized carbons (Fsp3) is 0.500. The minimum atomic E-state index is -4.18. The molecule has 0 aromatic heterocycles. The summed E-state index contributed by atoms with van der Waals surface area (Å²) in [5, 5.41) is 2.61. The van der Waals surface area contributed by atoms with Crippen LogP contribution in [0.25, 0.3) is 0 Å². The highest BCUT2D eigenvalue weighted by Crippen LogP contribution is 2.37. The third-order valence-electron chi connectivity index (χ3n) is 3.72. The first-order chi connectivity index (χ1) is 9.79. The third-order valence-corrected chi connectivity index (χ3v) is 4.33. The molecule has 21 heavy (non-hydrogen) atoms. The Morgan fingerprint density at radius 3 is 2.38 bits per heavy atom. The Morgan fingerprint density at radius 2 is 1.81 bits per heavy atom. The smallest absolute Gasteiger partial charge is 0.349 e. The van der Waals surface area contributed by atoms with Gasteiger partial charge in [-0.05, 0) is 53.7 Å². The van der Waals surface area contributed by atoms with Crippen molar-refractivity contribution >= 4 is 21.8 Å². The summed E-state index contributed by atoms with van der Waals surface area (Å²) in [6.07, 6.45) is -3.67. The quantitative estimate of drug-likeness (QED) is 0.769. The molecular weight excluding hydrogens is 354 g/mol. The summed E-state index contributed by atoms with van der Waals surface area (Å²) in [5.41, 5.74) is -0.109. The van der Waals surface area contributed by atoms with E-state index in [1.807, 2.05) is 0 Å². The van der Waals surface area contributed by atoms with Crippen molar-refractivity contribution in [3.8, 4) is 0 Å². The molecule has 1 N–H and O–H groups in total. The van der Waals surface area contributed by atoms with Gasteiger partial charge in [0.05, 0.1) is 16.0 Å². The maximum Gasteiger partial charge on any atom is 0.391 e. The predicted molar refractivity (Wildman–Crippen MR) is 73.4 cm³/mol. The molecule has 1 fully saturated rings. The van der Waals surface area contributed by atoms with Gasteiger partial charge < -0.3 is 5.32 Å². The van der Waals surface area contributed by atoms with E-state index < -0.39 is 23.8 Å². The van der Waals surface area contributed by atoms with E-state index in [0.29, 0.717) is 0 Å². The zero-order chi connectivity index (χ0) is 15.6. The second-order valence-corrected chi connectivity index (χ2v) is 6.02. The molecule has 1 amide bonds. The van der Waals surface area contributed by atoms with Crippen LogP contribution in [0.3, 0.4) is 0 Å². The Kier molecular flexibility index (Phi) is 4.91. The Bertz CT molecular complexity index is 524. The van der Waals surface area contributed by atoms with Crippen molar-refractivity contribution in [2.45, 2.75) is 37.9 Å². The molecule has 0 saturated heterocycles. The number of hydrogen-bond acceptors (Lipinski definition) is 1. The van der Waals surface area contributed by atoms with Crippen LogP contribution < -0.4 is 5.32 Å². The summed E-state index contributed by atoms with van der Waals surface area (Å²) in [4.78, 5) is 12.0. The molecule has 1 aromatic carbocycles. The largest absolute Gasteiger partial charge is 0.391 e. The zero-order valence-electron chi connectivity index (χ0n) is 11.0. The second kappa shape index (κ2) is 6.34. The molecule has 0 bridgehead atoms. The molecule has 0 aliphatic heterocycles. The lowest BCUT2D eigenvalue weighted by molar-refractivity contribution is -0.182. The summed E-state index contributed by atoms with van der Waals surface area (Å²) in [5.74, 6) is -2.56. The number of hydrogen-bond donors (Lipinski definition) is 1. The van der Waals surface area contributed by atoms with Gasteiger partial charge in [0.25, 0.3) is 5.91 Å². The van der Waals surface area contributed by atoms with E-state index in [1.165, 1.54) is 18.2 Å². The maximum atomic E-state index is 13.8. The van der Waals surface area contributed by atoms with Crippen LogP contribution >= 0.6 is 15.9 Å². The van der Waals surface area contributed by atoms with E-state index in [1.54, 1.807) is 0 Å². The van der Waals surface area contributed by atoms with E-state index in [9.17, 15) is 22.4 Å². The average Bonchev–Trinajstić information content (AvgIpc) is 2.41. The Hall–Kier alpha value is -1.11. The molecule has 1 saturated carbocycles. The molecule has 7 heteroatoms. The van der Waals surface area contributed by atoms with Crippen LogP contribution in [0.1, 0.15) is 36.0 Å². The van der Waals surface area contributed by atoms with Gasteiger partial charge in [-0.2, -0.15) is 13.2 Å². The molecule has 0 spiro atoms. The van der Waals surface area contributed by atoms with E-state index in [0.717, 1.165) is 0 Å². The number of rotatable bonds is 2. The van der Waals surface area contributed by atoms with Crippen molar-refractivity contribution in [2.75, 3.05) is 0 Å². The van der Waals surface area contributed by atoms with Crippen LogP contribution in [0.15, 0.2) is 22.7 Å². The lowest BCUT2D eigenvalue weighted by Gasteiger charge is -2.30. The Labute approximate surface area is 128 Å². The first-order valence-corrected chi connectivity index (χ1v) is 7.40. The SMILES string of the molecule is O=C(NC1CCC(C(F)(F)F)CC1)c1cccc(Br)c1F. The van der Waals surface area contributed by atoms with Crippen LogP contribution in [-0.4, -0.2) is 18.1 Å². The molecule has 116 valence electrons. The topological polar surface area (TPSA) is 29.1 Å². The van der Waals surface area contributed by atoms with Gasteiger partial charge in [-0.1, -0.05) is 6.07 Å². The van der Waals surface area contributed by atoms with Crippen molar-refractivity contribution in [1.82, 2.24) is 5.32 Å². The number of carbonyl (C=O) groups excluding carboxylic acids is 1. The van der Waals surface area contributed by atoms with E-state index in [-0.39, 0.29) is 41.8 Å². The number of nitrogens with one attached hydrogen (secondary N) is 1. The summed E-state index contributed by atoms with van der Waals surface area (Å²) in [6.45, 7) is 0. The lowest BCUT2D eigenvalue weighted by atomic mass is 9.85. The van der Waals surface area contributed by atoms with Gasteiger partial charge in [0, 0.05) is 6.04 Å². The third kappa shape index (κ3) is 3.96. The van der Waals surface area contributed by atoms with Crippen molar-refractivity contribution in [3.63, 3.8) is 0 Å². The van der Waals surface area contributed by atoms with Crippen molar-refractivity contribution in [1.29, 1.82) is 0 Å². The number of benzene rings is 1. The lowest BCUT2D eigenvalue weighted by Crippen LogP contribution is -2.40. The maximum absolute atomic E-state index is 13.8. The van der Waals surface area contributed by atoms with Gasteiger partial charge in [-0.25, -0.2) is 4.39 Å². The number of carbonyl (C=O) groups is 1. The molecule has 0 heterocycles. The summed E-state index contributed by atoms with van der Waals surface area (Å²) in [7, 11) is 0. The Morgan fingerprint density at radius 1 is 1.19 bits per heavy atom. The zero-order valence-corrected chi connectivity index (χ0v) is 12.6. The van der Waals surface area contributed by atoms with Crippen molar-refractivity contribution < 1.29 is 22.4 Å². The second-order valence-electron chi connectivity index (χ2n) is 5.17. The van der Waals surface area contributed by atoms with Gasteiger partial charge in [0.1, 0.15) is 5.82 Å². The summed E-state index contributed by atoms with van der Waals surface area (Å²) in [6, 6.07) is 4.01. The average molecular weight is 368 g/mol. The van der Waals surface area contributed by atoms with Gasteiger partial charge in [0.15, 0.2) is 0 Å². The molecule has 2 nitrogen and oxygen atoms in total. The van der Waals surface area contributed by atoms with Crippen LogP contribution in [0, 0.1) is 11.7 Å². The predicted octanol–water partition coefficient (Wildman–Crippen LogP) is 4.44. The summed E-state index contributed by atoms with van der Waals surface area (Å²) < 4.78 is 51.6. The molecule has 1 aliphatic rings. The highest BCUT2D eigenvalue weighted by Gasteiger charge is 2.41. The van der Waals surface area contributed by atoms with E-state index in [2.05, 4.69) is 21.2 Å². The Balaban J connectivity index is 1.95.